The number of hydrogen-bond donors (Lipinski definition) is 1. The first-order valence-electron chi connectivity index (χ1n) is 11.2. The summed E-state index contributed by atoms with van der Waals surface area (Å²) in [4.78, 5) is 39.5. The normalized spacial score (nSPS) is 18.7. The Morgan fingerprint density at radius 1 is 1.24 bits per heavy atom. The van der Waals surface area contributed by atoms with Crippen molar-refractivity contribution in [1.29, 1.82) is 0 Å². The number of rotatable bonds is 9. The van der Waals surface area contributed by atoms with Gasteiger partial charge in [-0.1, -0.05) is 18.2 Å². The fourth-order valence-electron chi connectivity index (χ4n) is 4.58. The van der Waals surface area contributed by atoms with Crippen molar-refractivity contribution < 1.29 is 33.4 Å². The predicted molar refractivity (Wildman–Crippen MR) is 122 cm³/mol. The highest BCUT2D eigenvalue weighted by Crippen LogP contribution is 2.23. The Morgan fingerprint density at radius 3 is 2.62 bits per heavy atom. The quantitative estimate of drug-likeness (QED) is 0.443. The molecule has 0 saturated carbocycles. The number of ether oxygens (including phenoxy) is 2. The second kappa shape index (κ2) is 10.9. The monoisotopic (exact) mass is 474 g/mol. The van der Waals surface area contributed by atoms with Gasteiger partial charge in [0, 0.05) is 37.0 Å². The molecular weight excluding hydrogens is 443 g/mol. The van der Waals surface area contributed by atoms with E-state index in [0.29, 0.717) is 12.2 Å². The fourth-order valence-corrected chi connectivity index (χ4v) is 4.58. The molecule has 3 atom stereocenters. The number of carbonyl (C=O) groups excluding carboxylic acids is 3. The van der Waals surface area contributed by atoms with Crippen LogP contribution in [-0.2, 0) is 25.5 Å². The van der Waals surface area contributed by atoms with Crippen LogP contribution in [-0.4, -0.2) is 71.2 Å². The molecule has 8 nitrogen and oxygen atoms in total. The minimum atomic E-state index is -1.03. The number of carbonyl (C=O) groups is 3. The molecular formula is C25H31FN2O6. The van der Waals surface area contributed by atoms with E-state index in [9.17, 15) is 23.9 Å². The minimum Gasteiger partial charge on any atom is -0.456 e. The number of benzene rings is 1. The number of esters is 1. The van der Waals surface area contributed by atoms with Gasteiger partial charge < -0.3 is 24.0 Å². The van der Waals surface area contributed by atoms with Gasteiger partial charge >= 0.3 is 5.97 Å². The molecule has 1 aromatic carbocycles. The van der Waals surface area contributed by atoms with Crippen LogP contribution in [0.3, 0.4) is 0 Å². The van der Waals surface area contributed by atoms with E-state index in [4.69, 9.17) is 9.47 Å². The highest BCUT2D eigenvalue weighted by Gasteiger charge is 2.40. The molecule has 0 aliphatic carbocycles. The molecule has 1 fully saturated rings. The molecule has 0 bridgehead atoms. The summed E-state index contributed by atoms with van der Waals surface area (Å²) in [6, 6.07) is 6.65. The van der Waals surface area contributed by atoms with Gasteiger partial charge in [0.25, 0.3) is 0 Å². The van der Waals surface area contributed by atoms with Crippen LogP contribution < -0.4 is 0 Å². The first kappa shape index (κ1) is 25.6. The molecule has 34 heavy (non-hydrogen) atoms. The van der Waals surface area contributed by atoms with Gasteiger partial charge in [0.05, 0.1) is 25.2 Å². The van der Waals surface area contributed by atoms with Crippen LogP contribution in [0.4, 0.5) is 4.39 Å². The number of ketones is 1. The van der Waals surface area contributed by atoms with Gasteiger partial charge in [0.2, 0.25) is 11.7 Å². The molecule has 9 heteroatoms. The summed E-state index contributed by atoms with van der Waals surface area (Å²) in [6.07, 6.45) is -1.15. The molecule has 2 aromatic rings. The Hall–Kier alpha value is -3.04. The van der Waals surface area contributed by atoms with Gasteiger partial charge in [0.15, 0.2) is 6.61 Å². The molecule has 1 aliphatic rings. The number of Topliss-reactive ketones (excluding diaryl/α,β-unsaturated/α-hetero) is 1. The zero-order valence-corrected chi connectivity index (χ0v) is 19.9. The van der Waals surface area contributed by atoms with E-state index in [1.807, 2.05) is 25.3 Å². The van der Waals surface area contributed by atoms with Gasteiger partial charge in [-0.3, -0.25) is 9.59 Å². The standard InChI is InChI=1S/C25H31FN2O6/c1-15-9-20(17(3)28(15)16(2)13-33-4)23(30)14-34-25(32)22-11-19(29)12-27(22)24(31)10-18-7-5-6-8-21(18)26/h5-9,16,19,22,29H,10-14H2,1-4H3. The fraction of sp³-hybridized carbons (Fsp3) is 0.480. The summed E-state index contributed by atoms with van der Waals surface area (Å²) in [5, 5.41) is 10.1. The lowest BCUT2D eigenvalue weighted by Crippen LogP contribution is -2.42. The second-order valence-electron chi connectivity index (χ2n) is 8.71. The third kappa shape index (κ3) is 5.53. The van der Waals surface area contributed by atoms with Crippen molar-refractivity contribution in [2.45, 2.75) is 51.8 Å². The molecule has 0 spiro atoms. The molecule has 1 aliphatic heterocycles. The van der Waals surface area contributed by atoms with Crippen LogP contribution in [0, 0.1) is 19.7 Å². The molecule has 1 amide bonds. The van der Waals surface area contributed by atoms with Crippen LogP contribution in [0.2, 0.25) is 0 Å². The van der Waals surface area contributed by atoms with Crippen LogP contribution in [0.1, 0.15) is 46.7 Å². The Morgan fingerprint density at radius 2 is 1.94 bits per heavy atom. The number of methoxy groups -OCH3 is 1. The van der Waals surface area contributed by atoms with Gasteiger partial charge in [-0.15, -0.1) is 0 Å². The second-order valence-corrected chi connectivity index (χ2v) is 8.71. The maximum Gasteiger partial charge on any atom is 0.329 e. The van der Waals surface area contributed by atoms with Gasteiger partial charge in [0.1, 0.15) is 11.9 Å². The van der Waals surface area contributed by atoms with Gasteiger partial charge in [-0.2, -0.15) is 0 Å². The van der Waals surface area contributed by atoms with E-state index in [0.717, 1.165) is 11.4 Å². The smallest absolute Gasteiger partial charge is 0.329 e. The highest BCUT2D eigenvalue weighted by atomic mass is 19.1. The zero-order valence-electron chi connectivity index (χ0n) is 19.9. The number of likely N-dealkylation sites (tertiary alicyclic amines) is 1. The number of aliphatic hydroxyl groups is 1. The SMILES string of the molecule is COCC(C)n1c(C)cc(C(=O)COC(=O)C2CC(O)CN2C(=O)Cc2ccccc2F)c1C. The van der Waals surface area contributed by atoms with Crippen molar-refractivity contribution in [3.63, 3.8) is 0 Å². The Kier molecular flexibility index (Phi) is 8.22. The summed E-state index contributed by atoms with van der Waals surface area (Å²) in [7, 11) is 1.61. The van der Waals surface area contributed by atoms with Crippen LogP contribution in [0.25, 0.3) is 0 Å². The molecule has 3 unspecified atom stereocenters. The summed E-state index contributed by atoms with van der Waals surface area (Å²) in [6.45, 7) is 5.64. The minimum absolute atomic E-state index is 0.000912. The van der Waals surface area contributed by atoms with Crippen molar-refractivity contribution in [2.24, 2.45) is 0 Å². The van der Waals surface area contributed by atoms with E-state index < -0.39 is 36.4 Å². The van der Waals surface area contributed by atoms with Crippen molar-refractivity contribution in [1.82, 2.24) is 9.47 Å². The third-order valence-corrected chi connectivity index (χ3v) is 6.15. The molecule has 184 valence electrons. The number of nitrogens with zero attached hydrogens (tertiary/aromatic N) is 2. The van der Waals surface area contributed by atoms with Crippen molar-refractivity contribution in [2.75, 3.05) is 26.9 Å². The van der Waals surface area contributed by atoms with E-state index in [1.54, 1.807) is 19.2 Å². The third-order valence-electron chi connectivity index (χ3n) is 6.15. The number of β-amino-alcohol motifs (C(OH)–C–C–N with tert-alkyl or cyclic N) is 1. The topological polar surface area (TPSA) is 98.1 Å². The molecule has 0 radical (unpaired) electrons. The highest BCUT2D eigenvalue weighted by molar-refractivity contribution is 5.99. The number of halogens is 1. The Labute approximate surface area is 198 Å². The summed E-state index contributed by atoms with van der Waals surface area (Å²) < 4.78 is 26.4. The Bertz CT molecular complexity index is 1070. The predicted octanol–water partition coefficient (Wildman–Crippen LogP) is 2.38. The average Bonchev–Trinajstić information content (AvgIpc) is 3.32. The van der Waals surface area contributed by atoms with E-state index in [-0.39, 0.29) is 36.8 Å². The lowest BCUT2D eigenvalue weighted by atomic mass is 10.1. The number of hydrogen-bond acceptors (Lipinski definition) is 6. The Balaban J connectivity index is 1.65. The number of amides is 1. The van der Waals surface area contributed by atoms with Crippen molar-refractivity contribution in [3.8, 4) is 0 Å². The molecule has 1 saturated heterocycles. The first-order valence-corrected chi connectivity index (χ1v) is 11.2. The summed E-state index contributed by atoms with van der Waals surface area (Å²) in [5.74, 6) is -2.14. The largest absolute Gasteiger partial charge is 0.456 e. The molecule has 1 aromatic heterocycles. The molecule has 2 heterocycles. The maximum absolute atomic E-state index is 13.9. The van der Waals surface area contributed by atoms with E-state index in [2.05, 4.69) is 0 Å². The average molecular weight is 475 g/mol. The van der Waals surface area contributed by atoms with Crippen LogP contribution in [0.15, 0.2) is 30.3 Å². The zero-order chi connectivity index (χ0) is 25.0. The van der Waals surface area contributed by atoms with Crippen LogP contribution >= 0.6 is 0 Å². The molecule has 3 rings (SSSR count). The lowest BCUT2D eigenvalue weighted by molar-refractivity contribution is -0.152. The van der Waals surface area contributed by atoms with Gasteiger partial charge in [-0.05, 0) is 38.5 Å². The summed E-state index contributed by atoms with van der Waals surface area (Å²) >= 11 is 0. The van der Waals surface area contributed by atoms with E-state index in [1.165, 1.54) is 23.1 Å². The van der Waals surface area contributed by atoms with E-state index >= 15 is 0 Å². The van der Waals surface area contributed by atoms with Crippen molar-refractivity contribution >= 4 is 17.7 Å². The van der Waals surface area contributed by atoms with Crippen LogP contribution in [0.5, 0.6) is 0 Å². The molecule has 1 N–H and O–H groups in total. The summed E-state index contributed by atoms with van der Waals surface area (Å²) in [5.41, 5.74) is 2.29. The van der Waals surface area contributed by atoms with Crippen molar-refractivity contribution in [3.05, 3.63) is 58.7 Å². The maximum atomic E-state index is 13.9. The number of aliphatic hydroxyl groups excluding tert-OH is 1. The lowest BCUT2D eigenvalue weighted by Gasteiger charge is -2.23. The number of aryl methyl sites for hydroxylation is 1. The first-order chi connectivity index (χ1) is 16.1. The number of aromatic nitrogens is 1. The van der Waals surface area contributed by atoms with Gasteiger partial charge in [-0.25, -0.2) is 9.18 Å².